The first-order valence-corrected chi connectivity index (χ1v) is 10.2. The van der Waals surface area contributed by atoms with Gasteiger partial charge in [0.1, 0.15) is 12.4 Å². The summed E-state index contributed by atoms with van der Waals surface area (Å²) in [5, 5.41) is 0. The van der Waals surface area contributed by atoms with Crippen LogP contribution in [0.2, 0.25) is 0 Å². The van der Waals surface area contributed by atoms with Crippen LogP contribution in [0.5, 0.6) is 5.75 Å². The van der Waals surface area contributed by atoms with Crippen molar-refractivity contribution in [1.82, 2.24) is 4.90 Å². The fraction of sp³-hybridized carbons (Fsp3) is 0.478. The Balaban J connectivity index is 1.21. The second-order valence-electron chi connectivity index (χ2n) is 7.59. The smallest absolute Gasteiger partial charge is 0.119 e. The van der Waals surface area contributed by atoms with Crippen LogP contribution in [0.4, 0.5) is 5.69 Å². The van der Waals surface area contributed by atoms with Gasteiger partial charge in [0.2, 0.25) is 0 Å². The normalized spacial score (nSPS) is 20.7. The number of ether oxygens (including phenoxy) is 2. The predicted molar refractivity (Wildman–Crippen MR) is 110 cm³/mol. The van der Waals surface area contributed by atoms with E-state index in [4.69, 9.17) is 9.47 Å². The Morgan fingerprint density at radius 2 is 1.70 bits per heavy atom. The number of rotatable bonds is 7. The molecule has 0 bridgehead atoms. The summed E-state index contributed by atoms with van der Waals surface area (Å²) in [5.41, 5.74) is 2.76. The number of benzene rings is 2. The van der Waals surface area contributed by atoms with Gasteiger partial charge in [-0.15, -0.1) is 0 Å². The molecule has 0 radical (unpaired) electrons. The van der Waals surface area contributed by atoms with Gasteiger partial charge in [-0.25, -0.2) is 0 Å². The lowest BCUT2D eigenvalue weighted by Crippen LogP contribution is -2.38. The molecule has 0 N–H and O–H groups in total. The Labute approximate surface area is 162 Å². The van der Waals surface area contributed by atoms with E-state index < -0.39 is 0 Å². The average Bonchev–Trinajstić information content (AvgIpc) is 3.19. The SMILES string of the molecule is c1ccc(N2CCC(Cc3ccc(OCCN4CCOCC4)cc3)C2)cc1. The van der Waals surface area contributed by atoms with Crippen LogP contribution in [0.15, 0.2) is 54.6 Å². The monoisotopic (exact) mass is 366 g/mol. The molecular weight excluding hydrogens is 336 g/mol. The molecule has 144 valence electrons. The summed E-state index contributed by atoms with van der Waals surface area (Å²) in [5.74, 6) is 1.71. The van der Waals surface area contributed by atoms with E-state index in [0.29, 0.717) is 0 Å². The molecule has 0 amide bonds. The largest absolute Gasteiger partial charge is 0.492 e. The van der Waals surface area contributed by atoms with Crippen molar-refractivity contribution >= 4 is 5.69 Å². The van der Waals surface area contributed by atoms with Crippen molar-refractivity contribution in [3.63, 3.8) is 0 Å². The standard InChI is InChI=1S/C23H30N2O2/c1-2-4-22(5-3-1)25-11-10-21(19-25)18-20-6-8-23(9-7-20)27-17-14-24-12-15-26-16-13-24/h1-9,21H,10-19H2. The highest BCUT2D eigenvalue weighted by Crippen LogP contribution is 2.26. The van der Waals surface area contributed by atoms with E-state index in [-0.39, 0.29) is 0 Å². The van der Waals surface area contributed by atoms with Crippen molar-refractivity contribution in [3.05, 3.63) is 60.2 Å². The first kappa shape index (κ1) is 18.3. The van der Waals surface area contributed by atoms with Gasteiger partial charge in [0.25, 0.3) is 0 Å². The zero-order chi connectivity index (χ0) is 18.3. The molecule has 2 aliphatic rings. The molecule has 1 atom stereocenters. The van der Waals surface area contributed by atoms with Crippen LogP contribution in [0.25, 0.3) is 0 Å². The van der Waals surface area contributed by atoms with E-state index in [1.807, 2.05) is 0 Å². The van der Waals surface area contributed by atoms with Gasteiger partial charge in [0.05, 0.1) is 13.2 Å². The molecule has 2 saturated heterocycles. The maximum atomic E-state index is 5.92. The summed E-state index contributed by atoms with van der Waals surface area (Å²) in [6.07, 6.45) is 2.42. The number of para-hydroxylation sites is 1. The molecule has 2 aromatic rings. The zero-order valence-electron chi connectivity index (χ0n) is 16.1. The van der Waals surface area contributed by atoms with Gasteiger partial charge in [0, 0.05) is 38.4 Å². The van der Waals surface area contributed by atoms with E-state index in [1.165, 1.54) is 17.7 Å². The summed E-state index contributed by atoms with van der Waals surface area (Å²) in [6.45, 7) is 7.76. The van der Waals surface area contributed by atoms with Gasteiger partial charge in [0.15, 0.2) is 0 Å². The highest BCUT2D eigenvalue weighted by atomic mass is 16.5. The van der Waals surface area contributed by atoms with Crippen LogP contribution in [0, 0.1) is 5.92 Å². The van der Waals surface area contributed by atoms with Crippen LogP contribution in [0.1, 0.15) is 12.0 Å². The molecule has 0 spiro atoms. The van der Waals surface area contributed by atoms with Crippen molar-refractivity contribution < 1.29 is 9.47 Å². The van der Waals surface area contributed by atoms with Gasteiger partial charge in [-0.1, -0.05) is 30.3 Å². The Kier molecular flexibility index (Phi) is 6.28. The van der Waals surface area contributed by atoms with Gasteiger partial charge in [-0.3, -0.25) is 4.90 Å². The molecule has 1 unspecified atom stereocenters. The van der Waals surface area contributed by atoms with Crippen LogP contribution in [-0.4, -0.2) is 57.4 Å². The van der Waals surface area contributed by atoms with Gasteiger partial charge < -0.3 is 14.4 Å². The van der Waals surface area contributed by atoms with Crippen LogP contribution in [-0.2, 0) is 11.2 Å². The summed E-state index contributed by atoms with van der Waals surface area (Å²) in [7, 11) is 0. The fourth-order valence-corrected chi connectivity index (χ4v) is 4.05. The summed E-state index contributed by atoms with van der Waals surface area (Å²) < 4.78 is 11.3. The molecular formula is C23H30N2O2. The van der Waals surface area contributed by atoms with E-state index in [9.17, 15) is 0 Å². The van der Waals surface area contributed by atoms with Crippen molar-refractivity contribution in [3.8, 4) is 5.75 Å². The summed E-state index contributed by atoms with van der Waals surface area (Å²) in [4.78, 5) is 4.91. The van der Waals surface area contributed by atoms with Crippen LogP contribution < -0.4 is 9.64 Å². The highest BCUT2D eigenvalue weighted by molar-refractivity contribution is 5.47. The molecule has 0 saturated carbocycles. The molecule has 0 aliphatic carbocycles. The maximum absolute atomic E-state index is 5.92. The number of hydrogen-bond donors (Lipinski definition) is 0. The molecule has 27 heavy (non-hydrogen) atoms. The Bertz CT molecular complexity index is 683. The summed E-state index contributed by atoms with van der Waals surface area (Å²) in [6, 6.07) is 19.5. The van der Waals surface area contributed by atoms with Gasteiger partial charge in [-0.05, 0) is 48.6 Å². The van der Waals surface area contributed by atoms with Crippen LogP contribution in [0.3, 0.4) is 0 Å². The lowest BCUT2D eigenvalue weighted by atomic mass is 9.99. The van der Waals surface area contributed by atoms with E-state index >= 15 is 0 Å². The Morgan fingerprint density at radius 3 is 2.48 bits per heavy atom. The highest BCUT2D eigenvalue weighted by Gasteiger charge is 2.22. The predicted octanol–water partition coefficient (Wildman–Crippen LogP) is 3.47. The molecule has 4 heteroatoms. The third-order valence-corrected chi connectivity index (χ3v) is 5.63. The quantitative estimate of drug-likeness (QED) is 0.749. The van der Waals surface area contributed by atoms with Crippen molar-refractivity contribution in [2.24, 2.45) is 5.92 Å². The summed E-state index contributed by atoms with van der Waals surface area (Å²) >= 11 is 0. The van der Waals surface area contributed by atoms with Crippen molar-refractivity contribution in [2.75, 3.05) is 57.4 Å². The molecule has 2 fully saturated rings. The lowest BCUT2D eigenvalue weighted by molar-refractivity contribution is 0.0322. The maximum Gasteiger partial charge on any atom is 0.119 e. The average molecular weight is 367 g/mol. The number of nitrogens with zero attached hydrogens (tertiary/aromatic N) is 2. The zero-order valence-corrected chi connectivity index (χ0v) is 16.1. The third kappa shape index (κ3) is 5.24. The Morgan fingerprint density at radius 1 is 0.926 bits per heavy atom. The van der Waals surface area contributed by atoms with Gasteiger partial charge >= 0.3 is 0 Å². The first-order chi connectivity index (χ1) is 13.4. The minimum Gasteiger partial charge on any atom is -0.492 e. The topological polar surface area (TPSA) is 24.9 Å². The van der Waals surface area contributed by atoms with E-state index in [1.54, 1.807) is 0 Å². The molecule has 0 aromatic heterocycles. The lowest BCUT2D eigenvalue weighted by Gasteiger charge is -2.26. The van der Waals surface area contributed by atoms with E-state index in [0.717, 1.165) is 70.6 Å². The molecule has 2 aliphatic heterocycles. The van der Waals surface area contributed by atoms with Crippen molar-refractivity contribution in [1.29, 1.82) is 0 Å². The second kappa shape index (κ2) is 9.25. The molecule has 2 heterocycles. The number of anilines is 1. The first-order valence-electron chi connectivity index (χ1n) is 10.2. The molecule has 4 rings (SSSR count). The number of hydrogen-bond acceptors (Lipinski definition) is 4. The minimum atomic E-state index is 0.735. The minimum absolute atomic E-state index is 0.735. The molecule has 2 aromatic carbocycles. The molecule has 4 nitrogen and oxygen atoms in total. The van der Waals surface area contributed by atoms with Crippen LogP contribution >= 0.6 is 0 Å². The number of morpholine rings is 1. The van der Waals surface area contributed by atoms with E-state index in [2.05, 4.69) is 64.4 Å². The second-order valence-corrected chi connectivity index (χ2v) is 7.59. The fourth-order valence-electron chi connectivity index (χ4n) is 4.05. The van der Waals surface area contributed by atoms with Crippen molar-refractivity contribution in [2.45, 2.75) is 12.8 Å². The van der Waals surface area contributed by atoms with Gasteiger partial charge in [-0.2, -0.15) is 0 Å². The third-order valence-electron chi connectivity index (χ3n) is 5.63. The Hall–Kier alpha value is -2.04.